The van der Waals surface area contributed by atoms with E-state index in [0.717, 1.165) is 18.4 Å². The molecule has 0 atom stereocenters. The Balaban J connectivity index is 1.66. The minimum atomic E-state index is -0.376. The van der Waals surface area contributed by atoms with Crippen LogP contribution in [-0.4, -0.2) is 16.5 Å². The second kappa shape index (κ2) is 4.55. The molecular weight excluding hydrogens is 230 g/mol. The highest BCUT2D eigenvalue weighted by atomic mass is 16.6. The highest BCUT2D eigenvalue weighted by Crippen LogP contribution is 2.49. The van der Waals surface area contributed by atoms with Gasteiger partial charge in [0, 0.05) is 18.8 Å². The third-order valence-corrected chi connectivity index (χ3v) is 3.94. The number of pyridine rings is 1. The van der Waals surface area contributed by atoms with Crippen molar-refractivity contribution in [3.8, 4) is 0 Å². The molecule has 18 heavy (non-hydrogen) atoms. The number of aromatic nitrogens is 1. The van der Waals surface area contributed by atoms with E-state index < -0.39 is 0 Å². The molecule has 5 heteroatoms. The minimum Gasteiger partial charge on any atom is -0.364 e. The van der Waals surface area contributed by atoms with Gasteiger partial charge < -0.3 is 5.32 Å². The number of hydrogen-bond donors (Lipinski definition) is 1. The first-order valence-electron chi connectivity index (χ1n) is 6.59. The van der Waals surface area contributed by atoms with Crippen molar-refractivity contribution in [2.24, 2.45) is 17.8 Å². The van der Waals surface area contributed by atoms with Crippen molar-refractivity contribution in [1.29, 1.82) is 0 Å². The summed E-state index contributed by atoms with van der Waals surface area (Å²) in [5.74, 6) is 2.78. The van der Waals surface area contributed by atoms with Gasteiger partial charge >= 0.3 is 5.69 Å². The van der Waals surface area contributed by atoms with Crippen molar-refractivity contribution >= 4 is 11.5 Å². The van der Waals surface area contributed by atoms with Crippen molar-refractivity contribution in [2.45, 2.75) is 25.7 Å². The van der Waals surface area contributed by atoms with Crippen molar-refractivity contribution in [1.82, 2.24) is 4.98 Å². The molecule has 2 aliphatic rings. The predicted molar refractivity (Wildman–Crippen MR) is 68.3 cm³/mol. The Morgan fingerprint density at radius 2 is 2.06 bits per heavy atom. The molecule has 1 N–H and O–H groups in total. The van der Waals surface area contributed by atoms with Gasteiger partial charge in [0.15, 0.2) is 0 Å². The van der Waals surface area contributed by atoms with Crippen LogP contribution in [0.2, 0.25) is 0 Å². The molecule has 0 spiro atoms. The minimum absolute atomic E-state index is 0.0721. The van der Waals surface area contributed by atoms with Crippen molar-refractivity contribution in [2.75, 3.05) is 11.9 Å². The van der Waals surface area contributed by atoms with Gasteiger partial charge in [-0.25, -0.2) is 4.98 Å². The number of nitro groups is 1. The summed E-state index contributed by atoms with van der Waals surface area (Å²) < 4.78 is 0. The second-order valence-electron chi connectivity index (χ2n) is 5.35. The topological polar surface area (TPSA) is 68.1 Å². The molecular formula is C13H17N3O2. The first kappa shape index (κ1) is 11.4. The average molecular weight is 247 g/mol. The molecule has 2 fully saturated rings. The van der Waals surface area contributed by atoms with Crippen LogP contribution in [0.25, 0.3) is 0 Å². The van der Waals surface area contributed by atoms with Gasteiger partial charge in [-0.3, -0.25) is 10.1 Å². The van der Waals surface area contributed by atoms with E-state index in [1.165, 1.54) is 31.7 Å². The maximum atomic E-state index is 10.9. The van der Waals surface area contributed by atoms with Crippen LogP contribution in [0.5, 0.6) is 0 Å². The van der Waals surface area contributed by atoms with Crippen LogP contribution < -0.4 is 5.32 Å². The highest BCUT2D eigenvalue weighted by molar-refractivity contribution is 5.55. The fraction of sp³-hybridized carbons (Fsp3) is 0.615. The fourth-order valence-electron chi connectivity index (χ4n) is 2.66. The monoisotopic (exact) mass is 247 g/mol. The van der Waals surface area contributed by atoms with Crippen LogP contribution in [0.1, 0.15) is 25.7 Å². The van der Waals surface area contributed by atoms with E-state index >= 15 is 0 Å². The Hall–Kier alpha value is -1.65. The van der Waals surface area contributed by atoms with Crippen LogP contribution in [0.3, 0.4) is 0 Å². The lowest BCUT2D eigenvalue weighted by Gasteiger charge is -2.16. The number of anilines is 1. The van der Waals surface area contributed by atoms with E-state index in [-0.39, 0.29) is 10.6 Å². The zero-order valence-electron chi connectivity index (χ0n) is 10.2. The summed E-state index contributed by atoms with van der Waals surface area (Å²) in [4.78, 5) is 14.6. The zero-order valence-corrected chi connectivity index (χ0v) is 10.2. The summed E-state index contributed by atoms with van der Waals surface area (Å²) >= 11 is 0. The van der Waals surface area contributed by atoms with Gasteiger partial charge in [0.05, 0.1) is 4.92 Å². The number of rotatable bonds is 6. The molecule has 3 rings (SSSR count). The molecule has 0 aromatic carbocycles. The van der Waals surface area contributed by atoms with Gasteiger partial charge in [0.1, 0.15) is 0 Å². The lowest BCUT2D eigenvalue weighted by atomic mass is 9.98. The van der Waals surface area contributed by atoms with Gasteiger partial charge in [0.25, 0.3) is 0 Å². The maximum absolute atomic E-state index is 10.9. The average Bonchev–Trinajstić information content (AvgIpc) is 3.24. The van der Waals surface area contributed by atoms with Crippen molar-refractivity contribution in [3.05, 3.63) is 28.4 Å². The van der Waals surface area contributed by atoms with E-state index in [2.05, 4.69) is 10.3 Å². The molecule has 2 aliphatic carbocycles. The normalized spacial score (nSPS) is 18.9. The van der Waals surface area contributed by atoms with Crippen molar-refractivity contribution in [3.63, 3.8) is 0 Å². The first-order valence-corrected chi connectivity index (χ1v) is 6.59. The van der Waals surface area contributed by atoms with E-state index in [0.29, 0.717) is 11.7 Å². The van der Waals surface area contributed by atoms with Crippen LogP contribution in [0.4, 0.5) is 11.5 Å². The summed E-state index contributed by atoms with van der Waals surface area (Å²) in [7, 11) is 0. The molecule has 0 saturated heterocycles. The van der Waals surface area contributed by atoms with E-state index in [1.54, 1.807) is 12.3 Å². The molecule has 1 aromatic rings. The number of nitrogens with zero attached hydrogens (tertiary/aromatic N) is 2. The van der Waals surface area contributed by atoms with E-state index in [9.17, 15) is 10.1 Å². The van der Waals surface area contributed by atoms with E-state index in [1.807, 2.05) is 0 Å². The van der Waals surface area contributed by atoms with E-state index in [4.69, 9.17) is 0 Å². The third-order valence-electron chi connectivity index (χ3n) is 3.94. The maximum Gasteiger partial charge on any atom is 0.311 e. The Kier molecular flexibility index (Phi) is 2.89. The van der Waals surface area contributed by atoms with Gasteiger partial charge in [0.2, 0.25) is 5.82 Å². The Morgan fingerprint density at radius 1 is 1.39 bits per heavy atom. The molecule has 1 aromatic heterocycles. The standard InChI is InChI=1S/C13H17N3O2/c17-16(18)12-2-1-7-14-13(12)15-8-11(9-3-4-9)10-5-6-10/h1-2,7,9-11H,3-6,8H2,(H,14,15). The van der Waals surface area contributed by atoms with Gasteiger partial charge in [-0.05, 0) is 49.5 Å². The SMILES string of the molecule is O=[N+]([O-])c1cccnc1NCC(C1CC1)C1CC1. The molecule has 96 valence electrons. The molecule has 5 nitrogen and oxygen atoms in total. The molecule has 0 bridgehead atoms. The third kappa shape index (κ3) is 2.44. The zero-order chi connectivity index (χ0) is 12.5. The first-order chi connectivity index (χ1) is 8.75. The Labute approximate surface area is 106 Å². The molecule has 0 aliphatic heterocycles. The second-order valence-corrected chi connectivity index (χ2v) is 5.35. The molecule has 1 heterocycles. The van der Waals surface area contributed by atoms with Crippen LogP contribution in [0.15, 0.2) is 18.3 Å². The van der Waals surface area contributed by atoms with Crippen LogP contribution in [-0.2, 0) is 0 Å². The fourth-order valence-corrected chi connectivity index (χ4v) is 2.66. The molecule has 0 unspecified atom stereocenters. The summed E-state index contributed by atoms with van der Waals surface area (Å²) in [5, 5.41) is 14.1. The summed E-state index contributed by atoms with van der Waals surface area (Å²) in [6.07, 6.45) is 6.90. The number of nitrogens with one attached hydrogen (secondary N) is 1. The lowest BCUT2D eigenvalue weighted by Crippen LogP contribution is -2.19. The van der Waals surface area contributed by atoms with Crippen LogP contribution in [0, 0.1) is 27.9 Å². The Bertz CT molecular complexity index is 443. The van der Waals surface area contributed by atoms with Gasteiger partial charge in [-0.2, -0.15) is 0 Å². The molecule has 0 amide bonds. The summed E-state index contributed by atoms with van der Waals surface area (Å²) in [5.41, 5.74) is 0.0721. The number of hydrogen-bond acceptors (Lipinski definition) is 4. The van der Waals surface area contributed by atoms with Gasteiger partial charge in [-0.1, -0.05) is 0 Å². The highest BCUT2D eigenvalue weighted by Gasteiger charge is 2.41. The largest absolute Gasteiger partial charge is 0.364 e. The summed E-state index contributed by atoms with van der Waals surface area (Å²) in [6.45, 7) is 0.827. The summed E-state index contributed by atoms with van der Waals surface area (Å²) in [6, 6.07) is 3.10. The van der Waals surface area contributed by atoms with Crippen LogP contribution >= 0.6 is 0 Å². The molecule has 2 saturated carbocycles. The predicted octanol–water partition coefficient (Wildman–Crippen LogP) is 2.84. The molecule has 0 radical (unpaired) electrons. The lowest BCUT2D eigenvalue weighted by molar-refractivity contribution is -0.384. The quantitative estimate of drug-likeness (QED) is 0.620. The Morgan fingerprint density at radius 3 is 2.61 bits per heavy atom. The van der Waals surface area contributed by atoms with Crippen molar-refractivity contribution < 1.29 is 4.92 Å². The van der Waals surface area contributed by atoms with Gasteiger partial charge in [-0.15, -0.1) is 0 Å². The smallest absolute Gasteiger partial charge is 0.311 e.